The van der Waals surface area contributed by atoms with Crippen LogP contribution >= 0.6 is 0 Å². The average molecular weight is 292 g/mol. The van der Waals surface area contributed by atoms with Gasteiger partial charge in [-0.05, 0) is 24.1 Å². The molecule has 2 heterocycles. The molecule has 0 saturated carbocycles. The van der Waals surface area contributed by atoms with Crippen molar-refractivity contribution in [3.63, 3.8) is 0 Å². The molecule has 0 aliphatic heterocycles. The van der Waals surface area contributed by atoms with Crippen molar-refractivity contribution in [1.29, 1.82) is 0 Å². The summed E-state index contributed by atoms with van der Waals surface area (Å²) in [6.07, 6.45) is 3.67. The van der Waals surface area contributed by atoms with E-state index in [2.05, 4.69) is 38.9 Å². The minimum atomic E-state index is 0.621. The van der Waals surface area contributed by atoms with Gasteiger partial charge in [0.2, 0.25) is 0 Å². The molecule has 22 heavy (non-hydrogen) atoms. The van der Waals surface area contributed by atoms with E-state index < -0.39 is 0 Å². The highest BCUT2D eigenvalue weighted by molar-refractivity contribution is 5.66. The first kappa shape index (κ1) is 15.6. The number of pyridine rings is 1. The number of aromatic nitrogens is 4. The van der Waals surface area contributed by atoms with Crippen LogP contribution in [0.1, 0.15) is 25.2 Å². The molecule has 0 aliphatic rings. The van der Waals surface area contributed by atoms with E-state index in [4.69, 9.17) is 0 Å². The molecule has 2 aromatic heterocycles. The molecule has 0 fully saturated rings. The summed E-state index contributed by atoms with van der Waals surface area (Å²) in [5.74, 6) is 1.40. The molecule has 1 N–H and O–H groups in total. The van der Waals surface area contributed by atoms with Gasteiger partial charge in [0.05, 0.1) is 0 Å². The van der Waals surface area contributed by atoms with Crippen molar-refractivity contribution in [3.05, 3.63) is 60.6 Å². The van der Waals surface area contributed by atoms with Gasteiger partial charge in [-0.2, -0.15) is 5.10 Å². The van der Waals surface area contributed by atoms with Gasteiger partial charge in [-0.1, -0.05) is 56.8 Å². The zero-order valence-electron chi connectivity index (χ0n) is 13.2. The molecule has 4 nitrogen and oxygen atoms in total. The van der Waals surface area contributed by atoms with Gasteiger partial charge in [0.1, 0.15) is 11.5 Å². The number of nitrogens with one attached hydrogen (secondary N) is 1. The van der Waals surface area contributed by atoms with Gasteiger partial charge in [-0.25, -0.2) is 4.98 Å². The lowest BCUT2D eigenvalue weighted by atomic mass is 10.1. The minimum Gasteiger partial charge on any atom is -0.263 e. The van der Waals surface area contributed by atoms with Crippen LogP contribution in [0, 0.1) is 6.92 Å². The maximum absolute atomic E-state index is 4.42. The molecule has 0 radical (unpaired) electrons. The first-order valence-corrected chi connectivity index (χ1v) is 7.34. The fourth-order valence-corrected chi connectivity index (χ4v) is 1.97. The van der Waals surface area contributed by atoms with Crippen molar-refractivity contribution < 1.29 is 0 Å². The van der Waals surface area contributed by atoms with E-state index in [0.29, 0.717) is 5.82 Å². The molecule has 0 spiro atoms. The summed E-state index contributed by atoms with van der Waals surface area (Å²) in [7, 11) is 0. The van der Waals surface area contributed by atoms with Gasteiger partial charge in [-0.3, -0.25) is 10.1 Å². The van der Waals surface area contributed by atoms with E-state index in [-0.39, 0.29) is 0 Å². The van der Waals surface area contributed by atoms with Crippen molar-refractivity contribution in [1.82, 2.24) is 20.2 Å². The molecule has 4 heteroatoms. The lowest BCUT2D eigenvalue weighted by Gasteiger charge is -2.02. The van der Waals surface area contributed by atoms with E-state index in [1.54, 1.807) is 0 Å². The van der Waals surface area contributed by atoms with Crippen LogP contribution in [0.3, 0.4) is 0 Å². The second kappa shape index (κ2) is 7.31. The second-order valence-electron chi connectivity index (χ2n) is 4.50. The highest BCUT2D eigenvalue weighted by Crippen LogP contribution is 2.21. The van der Waals surface area contributed by atoms with Crippen LogP contribution in [0.25, 0.3) is 28.7 Å². The van der Waals surface area contributed by atoms with E-state index in [0.717, 1.165) is 28.2 Å². The predicted octanol–water partition coefficient (Wildman–Crippen LogP) is 4.51. The van der Waals surface area contributed by atoms with Crippen LogP contribution in [-0.4, -0.2) is 20.2 Å². The number of aromatic amines is 1. The van der Waals surface area contributed by atoms with Crippen LogP contribution in [-0.2, 0) is 0 Å². The molecule has 1 aromatic carbocycles. The van der Waals surface area contributed by atoms with Crippen molar-refractivity contribution in [2.24, 2.45) is 0 Å². The summed E-state index contributed by atoms with van der Waals surface area (Å²) < 4.78 is 0. The quantitative estimate of drug-likeness (QED) is 0.772. The third-order valence-electron chi connectivity index (χ3n) is 3.07. The molecular formula is C18H20N4. The smallest absolute Gasteiger partial charge is 0.199 e. The number of H-pyrrole nitrogens is 1. The maximum atomic E-state index is 4.42. The zero-order valence-corrected chi connectivity index (χ0v) is 13.2. The Kier molecular flexibility index (Phi) is 5.20. The topological polar surface area (TPSA) is 54.5 Å². The molecule has 0 saturated heterocycles. The Morgan fingerprint density at radius 1 is 1.00 bits per heavy atom. The van der Waals surface area contributed by atoms with Crippen molar-refractivity contribution in [2.45, 2.75) is 20.8 Å². The molecule has 3 aromatic rings. The summed E-state index contributed by atoms with van der Waals surface area (Å²) in [5.41, 5.74) is 4.06. The van der Waals surface area contributed by atoms with Gasteiger partial charge < -0.3 is 0 Å². The summed E-state index contributed by atoms with van der Waals surface area (Å²) in [6, 6.07) is 12.1. The molecule has 112 valence electrons. The molecule has 0 amide bonds. The Bertz CT molecular complexity index is 725. The second-order valence-corrected chi connectivity index (χ2v) is 4.50. The lowest BCUT2D eigenvalue weighted by molar-refractivity contribution is 1.04. The molecule has 3 rings (SSSR count). The minimum absolute atomic E-state index is 0.621. The number of nitrogens with zero attached hydrogens (tertiary/aromatic N) is 3. The summed E-state index contributed by atoms with van der Waals surface area (Å²) >= 11 is 0. The maximum Gasteiger partial charge on any atom is 0.199 e. The van der Waals surface area contributed by atoms with Crippen LogP contribution in [0.15, 0.2) is 49.2 Å². The normalized spacial score (nSPS) is 9.77. The number of hydrogen-bond donors (Lipinski definition) is 1. The van der Waals surface area contributed by atoms with Crippen LogP contribution in [0.4, 0.5) is 0 Å². The van der Waals surface area contributed by atoms with E-state index in [9.17, 15) is 0 Å². The van der Waals surface area contributed by atoms with Crippen molar-refractivity contribution in [2.75, 3.05) is 0 Å². The first-order chi connectivity index (χ1) is 10.8. The lowest BCUT2D eigenvalue weighted by Crippen LogP contribution is -1.87. The van der Waals surface area contributed by atoms with Crippen molar-refractivity contribution in [3.8, 4) is 22.6 Å². The number of rotatable bonds is 3. The summed E-state index contributed by atoms with van der Waals surface area (Å²) in [5, 5.41) is 6.92. The van der Waals surface area contributed by atoms with Gasteiger partial charge in [0.15, 0.2) is 5.82 Å². The Morgan fingerprint density at radius 2 is 1.68 bits per heavy atom. The monoisotopic (exact) mass is 292 g/mol. The van der Waals surface area contributed by atoms with Crippen LogP contribution < -0.4 is 0 Å². The van der Waals surface area contributed by atoms with Gasteiger partial charge in [-0.15, -0.1) is 0 Å². The Balaban J connectivity index is 0.000000847. The number of benzene rings is 1. The summed E-state index contributed by atoms with van der Waals surface area (Å²) in [6.45, 7) is 9.62. The first-order valence-electron chi connectivity index (χ1n) is 7.34. The van der Waals surface area contributed by atoms with Crippen LogP contribution in [0.5, 0.6) is 0 Å². The van der Waals surface area contributed by atoms with E-state index >= 15 is 0 Å². The Hall–Kier alpha value is -2.75. The molecule has 0 aliphatic carbocycles. The number of hydrogen-bond acceptors (Lipinski definition) is 3. The SMILES string of the molecule is C=Cc1ccc(-c2ccc(-c3n[nH]c(C)n3)nc2)cc1.CC. The molecule has 0 unspecified atom stereocenters. The highest BCUT2D eigenvalue weighted by atomic mass is 15.2. The van der Waals surface area contributed by atoms with Gasteiger partial charge in [0.25, 0.3) is 0 Å². The average Bonchev–Trinajstić information content (AvgIpc) is 3.03. The molecular weight excluding hydrogens is 272 g/mol. The highest BCUT2D eigenvalue weighted by Gasteiger charge is 2.05. The fourth-order valence-electron chi connectivity index (χ4n) is 1.97. The largest absolute Gasteiger partial charge is 0.263 e. The van der Waals surface area contributed by atoms with Crippen LogP contribution in [0.2, 0.25) is 0 Å². The molecule has 0 atom stereocenters. The van der Waals surface area contributed by atoms with E-state index in [1.807, 2.05) is 57.3 Å². The van der Waals surface area contributed by atoms with Gasteiger partial charge >= 0.3 is 0 Å². The number of aryl methyl sites for hydroxylation is 1. The fraction of sp³-hybridized carbons (Fsp3) is 0.167. The third-order valence-corrected chi connectivity index (χ3v) is 3.07. The Labute approximate surface area is 131 Å². The zero-order chi connectivity index (χ0) is 15.9. The van der Waals surface area contributed by atoms with Crippen molar-refractivity contribution >= 4 is 6.08 Å². The third kappa shape index (κ3) is 3.47. The molecule has 0 bridgehead atoms. The van der Waals surface area contributed by atoms with Gasteiger partial charge in [0, 0.05) is 11.8 Å². The van der Waals surface area contributed by atoms with E-state index in [1.165, 1.54) is 0 Å². The standard InChI is InChI=1S/C16H14N4.C2H6/c1-3-12-4-6-13(7-5-12)14-8-9-15(17-10-14)16-18-11(2)19-20-16;1-2/h3-10H,1H2,2H3,(H,18,19,20);1-2H3. The summed E-state index contributed by atoms with van der Waals surface area (Å²) in [4.78, 5) is 8.68. The Morgan fingerprint density at radius 3 is 2.18 bits per heavy atom. The predicted molar refractivity (Wildman–Crippen MR) is 91.2 cm³/mol.